The van der Waals surface area contributed by atoms with E-state index in [-0.39, 0.29) is 24.0 Å². The van der Waals surface area contributed by atoms with Gasteiger partial charge in [0.15, 0.2) is 5.96 Å². The minimum absolute atomic E-state index is 0. The third kappa shape index (κ3) is 5.61. The number of ether oxygens (including phenoxy) is 1. The Hall–Kier alpha value is -1.08. The zero-order valence-electron chi connectivity index (χ0n) is 13.4. The van der Waals surface area contributed by atoms with E-state index >= 15 is 0 Å². The molecule has 1 aliphatic rings. The number of nitrogens with zero attached hydrogens (tertiary/aromatic N) is 2. The molecule has 0 bridgehead atoms. The van der Waals surface area contributed by atoms with Crippen LogP contribution < -0.4 is 5.32 Å². The Morgan fingerprint density at radius 2 is 2.09 bits per heavy atom. The van der Waals surface area contributed by atoms with E-state index < -0.39 is 0 Å². The molecule has 1 heterocycles. The summed E-state index contributed by atoms with van der Waals surface area (Å²) in [5.41, 5.74) is 2.76. The van der Waals surface area contributed by atoms with Crippen LogP contribution in [-0.2, 0) is 4.74 Å². The molecule has 0 radical (unpaired) electrons. The van der Waals surface area contributed by atoms with Gasteiger partial charge in [-0.05, 0) is 24.5 Å². The largest absolute Gasteiger partial charge is 0.380 e. The Labute approximate surface area is 150 Å². The lowest BCUT2D eigenvalue weighted by Gasteiger charge is -2.29. The SMILES string of the molecule is CCOCCNC(=NC)N1CC=C(c2ccccc2)CC1.I. The van der Waals surface area contributed by atoms with Crippen LogP contribution in [0.5, 0.6) is 0 Å². The summed E-state index contributed by atoms with van der Waals surface area (Å²) in [5, 5.41) is 3.35. The first-order valence-corrected chi connectivity index (χ1v) is 7.63. The zero-order chi connectivity index (χ0) is 14.9. The van der Waals surface area contributed by atoms with Crippen LogP contribution in [0.4, 0.5) is 0 Å². The predicted molar refractivity (Wildman–Crippen MR) is 104 cm³/mol. The fourth-order valence-corrected chi connectivity index (χ4v) is 2.49. The molecule has 0 aromatic heterocycles. The molecule has 0 saturated heterocycles. The van der Waals surface area contributed by atoms with Crippen LogP contribution in [0.2, 0.25) is 0 Å². The van der Waals surface area contributed by atoms with E-state index in [0.717, 1.165) is 38.6 Å². The molecule has 0 unspecified atom stereocenters. The minimum atomic E-state index is 0. The molecular weight excluding hydrogens is 389 g/mol. The van der Waals surface area contributed by atoms with Crippen molar-refractivity contribution in [2.75, 3.05) is 39.9 Å². The molecule has 5 heteroatoms. The maximum absolute atomic E-state index is 5.34. The molecule has 122 valence electrons. The van der Waals surface area contributed by atoms with Gasteiger partial charge in [-0.2, -0.15) is 0 Å². The summed E-state index contributed by atoms with van der Waals surface area (Å²) in [6.07, 6.45) is 3.35. The van der Waals surface area contributed by atoms with Crippen LogP contribution in [0.15, 0.2) is 41.4 Å². The zero-order valence-corrected chi connectivity index (χ0v) is 15.7. The third-order valence-electron chi connectivity index (χ3n) is 3.60. The summed E-state index contributed by atoms with van der Waals surface area (Å²) in [6, 6.07) is 10.6. The Balaban J connectivity index is 0.00000242. The Bertz CT molecular complexity index is 488. The Kier molecular flexibility index (Phi) is 9.15. The van der Waals surface area contributed by atoms with Crippen LogP contribution >= 0.6 is 24.0 Å². The highest BCUT2D eigenvalue weighted by molar-refractivity contribution is 14.0. The summed E-state index contributed by atoms with van der Waals surface area (Å²) < 4.78 is 5.34. The molecule has 0 spiro atoms. The molecule has 22 heavy (non-hydrogen) atoms. The standard InChI is InChI=1S/C17H25N3O.HI/c1-3-21-14-11-19-17(18-2)20-12-9-16(10-13-20)15-7-5-4-6-8-15;/h4-9H,3,10-14H2,1-2H3,(H,18,19);1H. The summed E-state index contributed by atoms with van der Waals surface area (Å²) >= 11 is 0. The Morgan fingerprint density at radius 1 is 1.32 bits per heavy atom. The second kappa shape index (κ2) is 10.6. The van der Waals surface area contributed by atoms with Gasteiger partial charge in [0.25, 0.3) is 0 Å². The van der Waals surface area contributed by atoms with E-state index in [0.29, 0.717) is 6.61 Å². The van der Waals surface area contributed by atoms with Crippen LogP contribution in [0.25, 0.3) is 5.57 Å². The van der Waals surface area contributed by atoms with Gasteiger partial charge in [-0.3, -0.25) is 4.99 Å². The van der Waals surface area contributed by atoms with Crippen molar-refractivity contribution >= 4 is 35.5 Å². The van der Waals surface area contributed by atoms with Gasteiger partial charge in [0.05, 0.1) is 6.61 Å². The van der Waals surface area contributed by atoms with Crippen molar-refractivity contribution in [1.82, 2.24) is 10.2 Å². The van der Waals surface area contributed by atoms with Crippen LogP contribution in [0, 0.1) is 0 Å². The number of guanidine groups is 1. The fraction of sp³-hybridized carbons (Fsp3) is 0.471. The van der Waals surface area contributed by atoms with Gasteiger partial charge in [0.1, 0.15) is 0 Å². The van der Waals surface area contributed by atoms with Gasteiger partial charge in [-0.15, -0.1) is 24.0 Å². The molecule has 2 rings (SSSR count). The number of hydrogen-bond donors (Lipinski definition) is 1. The maximum atomic E-state index is 5.34. The molecule has 1 aliphatic heterocycles. The van der Waals surface area contributed by atoms with E-state index in [2.05, 4.69) is 51.6 Å². The lowest BCUT2D eigenvalue weighted by molar-refractivity contribution is 0.152. The van der Waals surface area contributed by atoms with Crippen molar-refractivity contribution in [2.45, 2.75) is 13.3 Å². The minimum Gasteiger partial charge on any atom is -0.380 e. The highest BCUT2D eigenvalue weighted by Gasteiger charge is 2.15. The van der Waals surface area contributed by atoms with Gasteiger partial charge in [0, 0.05) is 33.3 Å². The van der Waals surface area contributed by atoms with E-state index in [4.69, 9.17) is 4.74 Å². The van der Waals surface area contributed by atoms with E-state index in [1.165, 1.54) is 11.1 Å². The summed E-state index contributed by atoms with van der Waals surface area (Å²) in [5.74, 6) is 0.957. The number of halogens is 1. The van der Waals surface area contributed by atoms with E-state index in [1.54, 1.807) is 0 Å². The number of nitrogens with one attached hydrogen (secondary N) is 1. The molecule has 0 amide bonds. The van der Waals surface area contributed by atoms with Gasteiger partial charge >= 0.3 is 0 Å². The lowest BCUT2D eigenvalue weighted by atomic mass is 10.00. The van der Waals surface area contributed by atoms with Crippen molar-refractivity contribution in [3.05, 3.63) is 42.0 Å². The second-order valence-corrected chi connectivity index (χ2v) is 4.96. The van der Waals surface area contributed by atoms with Crippen molar-refractivity contribution in [1.29, 1.82) is 0 Å². The highest BCUT2D eigenvalue weighted by atomic mass is 127. The maximum Gasteiger partial charge on any atom is 0.194 e. The monoisotopic (exact) mass is 415 g/mol. The first-order valence-electron chi connectivity index (χ1n) is 7.63. The van der Waals surface area contributed by atoms with Crippen LogP contribution in [0.3, 0.4) is 0 Å². The molecule has 1 aromatic carbocycles. The molecule has 0 fully saturated rings. The average Bonchev–Trinajstić information content (AvgIpc) is 2.56. The topological polar surface area (TPSA) is 36.9 Å². The van der Waals surface area contributed by atoms with Crippen molar-refractivity contribution in [3.8, 4) is 0 Å². The average molecular weight is 415 g/mol. The predicted octanol–water partition coefficient (Wildman–Crippen LogP) is 3.01. The van der Waals surface area contributed by atoms with E-state index in [1.807, 2.05) is 14.0 Å². The normalized spacial score (nSPS) is 15.1. The van der Waals surface area contributed by atoms with Crippen LogP contribution in [0.1, 0.15) is 18.9 Å². The van der Waals surface area contributed by atoms with Gasteiger partial charge in [0.2, 0.25) is 0 Å². The molecule has 0 saturated carbocycles. The number of rotatable bonds is 5. The van der Waals surface area contributed by atoms with Crippen molar-refractivity contribution in [3.63, 3.8) is 0 Å². The molecule has 0 aliphatic carbocycles. The van der Waals surface area contributed by atoms with Crippen molar-refractivity contribution < 1.29 is 4.74 Å². The number of hydrogen-bond acceptors (Lipinski definition) is 2. The third-order valence-corrected chi connectivity index (χ3v) is 3.60. The first-order chi connectivity index (χ1) is 10.3. The van der Waals surface area contributed by atoms with Gasteiger partial charge in [-0.25, -0.2) is 0 Å². The first kappa shape index (κ1) is 19.0. The Morgan fingerprint density at radius 3 is 2.68 bits per heavy atom. The molecule has 4 nitrogen and oxygen atoms in total. The van der Waals surface area contributed by atoms with Crippen molar-refractivity contribution in [2.24, 2.45) is 4.99 Å². The lowest BCUT2D eigenvalue weighted by Crippen LogP contribution is -2.44. The molecule has 1 N–H and O–H groups in total. The molecular formula is C17H26IN3O. The number of benzene rings is 1. The van der Waals surface area contributed by atoms with E-state index in [9.17, 15) is 0 Å². The van der Waals surface area contributed by atoms with Gasteiger partial charge in [-0.1, -0.05) is 36.4 Å². The molecule has 1 aromatic rings. The summed E-state index contributed by atoms with van der Waals surface area (Å²) in [6.45, 7) is 6.18. The van der Waals surface area contributed by atoms with Gasteiger partial charge < -0.3 is 15.0 Å². The smallest absolute Gasteiger partial charge is 0.194 e. The molecule has 0 atom stereocenters. The summed E-state index contributed by atoms with van der Waals surface area (Å²) in [4.78, 5) is 6.63. The highest BCUT2D eigenvalue weighted by Crippen LogP contribution is 2.21. The quantitative estimate of drug-likeness (QED) is 0.348. The second-order valence-electron chi connectivity index (χ2n) is 4.96. The fourth-order valence-electron chi connectivity index (χ4n) is 2.49. The van der Waals surface area contributed by atoms with Crippen LogP contribution in [-0.4, -0.2) is 50.8 Å². The number of aliphatic imine (C=N–C) groups is 1. The summed E-state index contributed by atoms with van der Waals surface area (Å²) in [7, 11) is 1.83.